The van der Waals surface area contributed by atoms with Crippen LogP contribution in [0.1, 0.15) is 43.5 Å². The number of primary amides is 1. The number of benzene rings is 1. The van der Waals surface area contributed by atoms with E-state index < -0.39 is 11.9 Å². The molecule has 0 aromatic heterocycles. The molecule has 1 saturated heterocycles. The van der Waals surface area contributed by atoms with Crippen LogP contribution in [0.5, 0.6) is 0 Å². The van der Waals surface area contributed by atoms with Crippen molar-refractivity contribution in [3.63, 3.8) is 0 Å². The van der Waals surface area contributed by atoms with Crippen LogP contribution >= 0.6 is 12.4 Å². The number of hydrogen-bond donors (Lipinski definition) is 3. The van der Waals surface area contributed by atoms with Crippen molar-refractivity contribution < 1.29 is 9.59 Å². The van der Waals surface area contributed by atoms with Crippen molar-refractivity contribution in [2.45, 2.75) is 39.2 Å². The van der Waals surface area contributed by atoms with Gasteiger partial charge in [-0.25, -0.2) is 0 Å². The van der Waals surface area contributed by atoms with Crippen LogP contribution in [0.2, 0.25) is 0 Å². The molecule has 2 rings (SSSR count). The Bertz CT molecular complexity index is 586. The lowest BCUT2D eigenvalue weighted by Crippen LogP contribution is -2.39. The molecule has 0 saturated carbocycles. The maximum atomic E-state index is 12.1. The molecule has 6 nitrogen and oxygen atoms in total. The lowest BCUT2D eigenvalue weighted by Gasteiger charge is -2.30. The van der Waals surface area contributed by atoms with Gasteiger partial charge in [-0.1, -0.05) is 13.8 Å². The summed E-state index contributed by atoms with van der Waals surface area (Å²) in [6.45, 7) is 5.59. The van der Waals surface area contributed by atoms with E-state index in [2.05, 4.69) is 10.2 Å². The van der Waals surface area contributed by atoms with Crippen molar-refractivity contribution in [3.05, 3.63) is 23.8 Å². The molecule has 0 unspecified atom stereocenters. The summed E-state index contributed by atoms with van der Waals surface area (Å²) in [5.41, 5.74) is 13.3. The first-order valence-corrected chi connectivity index (χ1v) is 8.15. The highest BCUT2D eigenvalue weighted by molar-refractivity contribution is 6.01. The number of nitrogens with two attached hydrogens (primary N) is 2. The molecule has 1 aromatic carbocycles. The molecule has 0 aliphatic carbocycles. The van der Waals surface area contributed by atoms with Crippen LogP contribution in [0.25, 0.3) is 0 Å². The highest BCUT2D eigenvalue weighted by Gasteiger charge is 2.20. The van der Waals surface area contributed by atoms with Crippen molar-refractivity contribution in [1.29, 1.82) is 0 Å². The number of piperidine rings is 1. The quantitative estimate of drug-likeness (QED) is 0.753. The van der Waals surface area contributed by atoms with Gasteiger partial charge in [0.1, 0.15) is 0 Å². The summed E-state index contributed by atoms with van der Waals surface area (Å²) in [5.74, 6) is -0.625. The summed E-state index contributed by atoms with van der Waals surface area (Å²) in [7, 11) is 0. The van der Waals surface area contributed by atoms with Crippen molar-refractivity contribution >= 4 is 35.6 Å². The van der Waals surface area contributed by atoms with Gasteiger partial charge in [0.15, 0.2) is 0 Å². The molecule has 24 heavy (non-hydrogen) atoms. The zero-order valence-corrected chi connectivity index (χ0v) is 15.1. The smallest absolute Gasteiger partial charge is 0.250 e. The summed E-state index contributed by atoms with van der Waals surface area (Å²) < 4.78 is 0. The molecule has 1 heterocycles. The number of carbonyl (C=O) groups excluding carboxylic acids is 2. The normalized spacial score (nSPS) is 15.6. The molecule has 1 fully saturated rings. The van der Waals surface area contributed by atoms with Crippen molar-refractivity contribution in [2.24, 2.45) is 17.4 Å². The summed E-state index contributed by atoms with van der Waals surface area (Å²) >= 11 is 0. The highest BCUT2D eigenvalue weighted by Crippen LogP contribution is 2.27. The molecule has 1 aromatic rings. The average molecular weight is 355 g/mol. The molecule has 1 aliphatic heterocycles. The number of carbonyl (C=O) groups is 2. The Labute approximate surface area is 149 Å². The molecular formula is C17H27ClN4O2. The second kappa shape index (κ2) is 8.89. The van der Waals surface area contributed by atoms with Gasteiger partial charge in [-0.05, 0) is 43.4 Å². The van der Waals surface area contributed by atoms with Gasteiger partial charge >= 0.3 is 0 Å². The van der Waals surface area contributed by atoms with E-state index in [4.69, 9.17) is 11.5 Å². The second-order valence-electron chi connectivity index (χ2n) is 6.40. The molecule has 0 spiro atoms. The molecule has 1 atom stereocenters. The van der Waals surface area contributed by atoms with Gasteiger partial charge in [0.2, 0.25) is 5.91 Å². The minimum absolute atomic E-state index is 0. The largest absolute Gasteiger partial charge is 0.371 e. The van der Waals surface area contributed by atoms with E-state index in [9.17, 15) is 9.59 Å². The zero-order valence-electron chi connectivity index (χ0n) is 14.2. The Kier molecular flexibility index (Phi) is 7.51. The van der Waals surface area contributed by atoms with Crippen molar-refractivity contribution in [1.82, 2.24) is 0 Å². The zero-order chi connectivity index (χ0) is 17.0. The third-order valence-corrected chi connectivity index (χ3v) is 4.25. The molecule has 5 N–H and O–H groups in total. The Morgan fingerprint density at radius 2 is 1.79 bits per heavy atom. The number of rotatable bonds is 5. The first-order valence-electron chi connectivity index (χ1n) is 8.15. The Hall–Kier alpha value is -1.79. The van der Waals surface area contributed by atoms with E-state index in [1.807, 2.05) is 19.9 Å². The lowest BCUT2D eigenvalue weighted by atomic mass is 10.0. The van der Waals surface area contributed by atoms with Gasteiger partial charge < -0.3 is 21.7 Å². The number of nitrogens with one attached hydrogen (secondary N) is 1. The summed E-state index contributed by atoms with van der Waals surface area (Å²) in [5, 5.41) is 2.83. The minimum Gasteiger partial charge on any atom is -0.371 e. The SMILES string of the molecule is CC(C)[C@H](N)C(=O)Nc1ccc(C(N)=O)c(N2CCCCC2)c1.Cl. The molecule has 1 aliphatic rings. The number of halogens is 1. The van der Waals surface area contributed by atoms with Gasteiger partial charge in [0, 0.05) is 18.8 Å². The topological polar surface area (TPSA) is 101 Å². The van der Waals surface area contributed by atoms with Crippen LogP contribution in [-0.2, 0) is 4.79 Å². The van der Waals surface area contributed by atoms with Gasteiger partial charge in [-0.2, -0.15) is 0 Å². The van der Waals surface area contributed by atoms with E-state index >= 15 is 0 Å². The number of anilines is 2. The van der Waals surface area contributed by atoms with E-state index in [0.717, 1.165) is 31.6 Å². The molecule has 134 valence electrons. The van der Waals surface area contributed by atoms with Crippen LogP contribution in [0.4, 0.5) is 11.4 Å². The molecule has 2 amide bonds. The first kappa shape index (κ1) is 20.3. The van der Waals surface area contributed by atoms with Crippen LogP contribution in [0.15, 0.2) is 18.2 Å². The van der Waals surface area contributed by atoms with Gasteiger partial charge in [-0.15, -0.1) is 12.4 Å². The van der Waals surface area contributed by atoms with Gasteiger partial charge in [-0.3, -0.25) is 9.59 Å². The van der Waals surface area contributed by atoms with Crippen LogP contribution in [-0.4, -0.2) is 30.9 Å². The molecule has 0 radical (unpaired) electrons. The third-order valence-electron chi connectivity index (χ3n) is 4.25. The third kappa shape index (κ3) is 4.85. The molecule has 7 heteroatoms. The van der Waals surface area contributed by atoms with Crippen LogP contribution < -0.4 is 21.7 Å². The van der Waals surface area contributed by atoms with E-state index in [-0.39, 0.29) is 24.2 Å². The fraction of sp³-hybridized carbons (Fsp3) is 0.529. The average Bonchev–Trinajstić information content (AvgIpc) is 2.54. The maximum Gasteiger partial charge on any atom is 0.250 e. The van der Waals surface area contributed by atoms with E-state index in [1.165, 1.54) is 6.42 Å². The summed E-state index contributed by atoms with van der Waals surface area (Å²) in [6, 6.07) is 4.61. The Morgan fingerprint density at radius 1 is 1.17 bits per heavy atom. The van der Waals surface area contributed by atoms with Gasteiger partial charge in [0.05, 0.1) is 17.3 Å². The number of amides is 2. The Morgan fingerprint density at radius 3 is 2.33 bits per heavy atom. The highest BCUT2D eigenvalue weighted by atomic mass is 35.5. The number of hydrogen-bond acceptors (Lipinski definition) is 4. The predicted molar refractivity (Wildman–Crippen MR) is 99.7 cm³/mol. The number of nitrogens with zero attached hydrogens (tertiary/aromatic N) is 1. The van der Waals surface area contributed by atoms with Gasteiger partial charge in [0.25, 0.3) is 5.91 Å². The van der Waals surface area contributed by atoms with Crippen molar-refractivity contribution in [3.8, 4) is 0 Å². The molecular weight excluding hydrogens is 328 g/mol. The predicted octanol–water partition coefficient (Wildman–Crippen LogP) is 2.12. The van der Waals surface area contributed by atoms with E-state index in [1.54, 1.807) is 12.1 Å². The maximum absolute atomic E-state index is 12.1. The first-order chi connectivity index (χ1) is 10.9. The summed E-state index contributed by atoms with van der Waals surface area (Å²) in [6.07, 6.45) is 3.38. The lowest BCUT2D eigenvalue weighted by molar-refractivity contribution is -0.118. The fourth-order valence-electron chi connectivity index (χ4n) is 2.74. The minimum atomic E-state index is -0.566. The van der Waals surface area contributed by atoms with Crippen molar-refractivity contribution in [2.75, 3.05) is 23.3 Å². The van der Waals surface area contributed by atoms with Crippen LogP contribution in [0, 0.1) is 5.92 Å². The monoisotopic (exact) mass is 354 g/mol. The Balaban J connectivity index is 0.00000288. The van der Waals surface area contributed by atoms with E-state index in [0.29, 0.717) is 11.3 Å². The van der Waals surface area contributed by atoms with Crippen LogP contribution in [0.3, 0.4) is 0 Å². The molecule has 0 bridgehead atoms. The fourth-order valence-corrected chi connectivity index (χ4v) is 2.74. The second-order valence-corrected chi connectivity index (χ2v) is 6.40. The standard InChI is InChI=1S/C17H26N4O2.ClH/c1-11(2)15(18)17(23)20-12-6-7-13(16(19)22)14(10-12)21-8-4-3-5-9-21;/h6-7,10-11,15H,3-5,8-9,18H2,1-2H3,(H2,19,22)(H,20,23);1H/t15-;/m0./s1. The summed E-state index contributed by atoms with van der Waals surface area (Å²) in [4.78, 5) is 26.0.